The summed E-state index contributed by atoms with van der Waals surface area (Å²) in [6, 6.07) is 47.8. The summed E-state index contributed by atoms with van der Waals surface area (Å²) < 4.78 is 4.93. The van der Waals surface area contributed by atoms with Gasteiger partial charge in [-0.1, -0.05) is 104 Å². The summed E-state index contributed by atoms with van der Waals surface area (Å²) in [6.07, 6.45) is 0.869. The molecule has 6 aromatic carbocycles. The number of fused-ring (bicyclic) bond motifs is 8. The van der Waals surface area contributed by atoms with Crippen LogP contribution in [0.15, 0.2) is 133 Å². The fourth-order valence-electron chi connectivity index (χ4n) is 6.68. The van der Waals surface area contributed by atoms with E-state index >= 15 is 0 Å². The van der Waals surface area contributed by atoms with Crippen LogP contribution in [-0.4, -0.2) is 14.5 Å². The van der Waals surface area contributed by atoms with Crippen molar-refractivity contribution in [1.82, 2.24) is 14.5 Å². The van der Waals surface area contributed by atoms with Crippen molar-refractivity contribution in [3.05, 3.63) is 139 Å². The quantitative estimate of drug-likeness (QED) is 0.194. The number of para-hydroxylation sites is 3. The molecule has 9 rings (SSSR count). The minimum Gasteiger partial charge on any atom is -0.296 e. The number of benzene rings is 6. The Kier molecular flexibility index (Phi) is 5.65. The van der Waals surface area contributed by atoms with E-state index in [1.807, 2.05) is 11.3 Å². The molecule has 0 aliphatic carbocycles. The van der Waals surface area contributed by atoms with Gasteiger partial charge in [-0.25, -0.2) is 9.97 Å². The number of rotatable bonds is 4. The second kappa shape index (κ2) is 9.87. The molecule has 0 amide bonds. The van der Waals surface area contributed by atoms with Gasteiger partial charge in [0.1, 0.15) is 5.82 Å². The molecular weight excluding hydrogens is 555 g/mol. The first-order valence-corrected chi connectivity index (χ1v) is 15.9. The van der Waals surface area contributed by atoms with Gasteiger partial charge in [-0.2, -0.15) is 0 Å². The van der Waals surface area contributed by atoms with Gasteiger partial charge in [0.25, 0.3) is 0 Å². The molecular formula is C40H27N3S. The zero-order valence-corrected chi connectivity index (χ0v) is 25.0. The highest BCUT2D eigenvalue weighted by Crippen LogP contribution is 2.43. The topological polar surface area (TPSA) is 30.7 Å². The van der Waals surface area contributed by atoms with Gasteiger partial charge < -0.3 is 0 Å². The number of hydrogen-bond donors (Lipinski definition) is 0. The molecule has 3 heterocycles. The summed E-state index contributed by atoms with van der Waals surface area (Å²) in [5, 5.41) is 6.32. The minimum absolute atomic E-state index is 0.869. The highest BCUT2D eigenvalue weighted by Gasteiger charge is 2.16. The molecule has 44 heavy (non-hydrogen) atoms. The molecule has 3 nitrogen and oxygen atoms in total. The predicted molar refractivity (Wildman–Crippen MR) is 187 cm³/mol. The van der Waals surface area contributed by atoms with Crippen molar-refractivity contribution < 1.29 is 0 Å². The Balaban J connectivity index is 1.18. The van der Waals surface area contributed by atoms with Crippen LogP contribution >= 0.6 is 11.3 Å². The standard InChI is InChI=1S/C40H27N3S/c1-2-37-41-34-15-6-7-16-35(34)43(37)28-11-9-10-27(24-28)25-18-20-26(21-19-25)39-32-23-22-30-29-12-4-8-17-36(29)44-40(30)38(32)31-13-3-5-14-33(31)42-39/h3-24H,2H2,1H3. The molecule has 9 aromatic rings. The van der Waals surface area contributed by atoms with Crippen molar-refractivity contribution in [3.63, 3.8) is 0 Å². The molecule has 0 bridgehead atoms. The van der Waals surface area contributed by atoms with Crippen LogP contribution in [-0.2, 0) is 6.42 Å². The van der Waals surface area contributed by atoms with Gasteiger partial charge in [0.05, 0.1) is 22.2 Å². The summed E-state index contributed by atoms with van der Waals surface area (Å²) in [7, 11) is 0. The smallest absolute Gasteiger partial charge is 0.114 e. The Morgan fingerprint density at radius 1 is 0.568 bits per heavy atom. The van der Waals surface area contributed by atoms with Gasteiger partial charge in [0.15, 0.2) is 0 Å². The molecule has 0 fully saturated rings. The fourth-order valence-corrected chi connectivity index (χ4v) is 7.95. The number of aryl methyl sites for hydroxylation is 1. The molecule has 0 aliphatic rings. The largest absolute Gasteiger partial charge is 0.296 e. The number of thiophene rings is 1. The lowest BCUT2D eigenvalue weighted by molar-refractivity contribution is 0.908. The molecule has 0 atom stereocenters. The fraction of sp³-hybridized carbons (Fsp3) is 0.0500. The minimum atomic E-state index is 0.869. The normalized spacial score (nSPS) is 11.8. The van der Waals surface area contributed by atoms with E-state index < -0.39 is 0 Å². The van der Waals surface area contributed by atoms with Gasteiger partial charge in [-0.3, -0.25) is 4.57 Å². The summed E-state index contributed by atoms with van der Waals surface area (Å²) >= 11 is 1.88. The molecule has 0 aliphatic heterocycles. The van der Waals surface area contributed by atoms with E-state index in [4.69, 9.17) is 9.97 Å². The maximum absolute atomic E-state index is 5.23. The number of nitrogens with zero attached hydrogens (tertiary/aromatic N) is 3. The Morgan fingerprint density at radius 3 is 2.16 bits per heavy atom. The summed E-state index contributed by atoms with van der Waals surface area (Å²) in [5.74, 6) is 1.07. The first-order chi connectivity index (χ1) is 21.8. The van der Waals surface area contributed by atoms with Crippen molar-refractivity contribution in [2.75, 3.05) is 0 Å². The highest BCUT2D eigenvalue weighted by molar-refractivity contribution is 7.26. The van der Waals surface area contributed by atoms with E-state index in [-0.39, 0.29) is 0 Å². The van der Waals surface area contributed by atoms with Crippen molar-refractivity contribution in [2.45, 2.75) is 13.3 Å². The van der Waals surface area contributed by atoms with E-state index in [2.05, 4.69) is 145 Å². The van der Waals surface area contributed by atoms with Crippen LogP contribution in [0.3, 0.4) is 0 Å². The van der Waals surface area contributed by atoms with Gasteiger partial charge in [0.2, 0.25) is 0 Å². The lowest BCUT2D eigenvalue weighted by atomic mass is 9.96. The van der Waals surface area contributed by atoms with Gasteiger partial charge in [-0.15, -0.1) is 11.3 Å². The second-order valence-corrected chi connectivity index (χ2v) is 12.3. The maximum Gasteiger partial charge on any atom is 0.114 e. The van der Waals surface area contributed by atoms with Crippen LogP contribution in [0.25, 0.3) is 81.0 Å². The molecule has 0 unspecified atom stereocenters. The summed E-state index contributed by atoms with van der Waals surface area (Å²) in [4.78, 5) is 10.1. The Morgan fingerprint density at radius 2 is 1.30 bits per heavy atom. The van der Waals surface area contributed by atoms with Gasteiger partial charge in [0, 0.05) is 54.0 Å². The van der Waals surface area contributed by atoms with Crippen LogP contribution in [0, 0.1) is 0 Å². The highest BCUT2D eigenvalue weighted by atomic mass is 32.1. The van der Waals surface area contributed by atoms with Crippen LogP contribution in [0.5, 0.6) is 0 Å². The van der Waals surface area contributed by atoms with E-state index in [1.165, 1.54) is 47.5 Å². The van der Waals surface area contributed by atoms with Crippen LogP contribution in [0.4, 0.5) is 0 Å². The van der Waals surface area contributed by atoms with Crippen LogP contribution in [0.1, 0.15) is 12.7 Å². The van der Waals surface area contributed by atoms with Crippen molar-refractivity contribution in [1.29, 1.82) is 0 Å². The summed E-state index contributed by atoms with van der Waals surface area (Å²) in [5.41, 5.74) is 8.82. The maximum atomic E-state index is 5.23. The van der Waals surface area contributed by atoms with Gasteiger partial charge in [-0.05, 0) is 47.5 Å². The van der Waals surface area contributed by atoms with E-state index in [9.17, 15) is 0 Å². The van der Waals surface area contributed by atoms with Crippen LogP contribution in [0.2, 0.25) is 0 Å². The first kappa shape index (κ1) is 25.2. The lowest BCUT2D eigenvalue weighted by Gasteiger charge is -2.13. The molecule has 0 saturated heterocycles. The number of imidazole rings is 1. The number of aromatic nitrogens is 3. The van der Waals surface area contributed by atoms with Gasteiger partial charge >= 0.3 is 0 Å². The molecule has 0 N–H and O–H groups in total. The third-order valence-electron chi connectivity index (χ3n) is 8.75. The molecule has 4 heteroatoms. The van der Waals surface area contributed by atoms with Crippen molar-refractivity contribution >= 4 is 64.2 Å². The third-order valence-corrected chi connectivity index (χ3v) is 9.95. The average Bonchev–Trinajstić information content (AvgIpc) is 3.66. The molecule has 3 aromatic heterocycles. The molecule has 0 spiro atoms. The molecule has 0 radical (unpaired) electrons. The lowest BCUT2D eigenvalue weighted by Crippen LogP contribution is -2.00. The van der Waals surface area contributed by atoms with E-state index in [1.54, 1.807) is 0 Å². The molecule has 208 valence electrons. The van der Waals surface area contributed by atoms with Crippen molar-refractivity contribution in [2.24, 2.45) is 0 Å². The average molecular weight is 582 g/mol. The zero-order valence-electron chi connectivity index (χ0n) is 24.2. The molecule has 0 saturated carbocycles. The monoisotopic (exact) mass is 581 g/mol. The second-order valence-electron chi connectivity index (χ2n) is 11.3. The predicted octanol–water partition coefficient (Wildman–Crippen LogP) is 11.0. The summed E-state index contributed by atoms with van der Waals surface area (Å²) in [6.45, 7) is 2.16. The number of hydrogen-bond acceptors (Lipinski definition) is 3. The van der Waals surface area contributed by atoms with Crippen molar-refractivity contribution in [3.8, 4) is 28.1 Å². The van der Waals surface area contributed by atoms with E-state index in [0.717, 1.165) is 45.7 Å². The zero-order chi connectivity index (χ0) is 29.2. The Hall–Kier alpha value is -5.32. The third kappa shape index (κ3) is 3.81. The first-order valence-electron chi connectivity index (χ1n) is 15.1. The Labute approximate surface area is 258 Å². The SMILES string of the molecule is CCc1nc2ccccc2n1-c1cccc(-c2ccc(-c3nc4ccccc4c4c3ccc3c5ccccc5sc34)cc2)c1. The van der Waals surface area contributed by atoms with Crippen LogP contribution < -0.4 is 0 Å². The Bertz CT molecular complexity index is 2540. The number of pyridine rings is 1. The van der Waals surface area contributed by atoms with E-state index in [0.29, 0.717) is 0 Å².